The second-order valence-electron chi connectivity index (χ2n) is 12.0. The molecular formula is C31H39ClN6O2. The highest BCUT2D eigenvalue weighted by Gasteiger charge is 2.41. The second kappa shape index (κ2) is 11.0. The maximum Gasteiger partial charge on any atom is 0.318 e. The number of methoxy groups -OCH3 is 1. The molecule has 4 aliphatic rings. The van der Waals surface area contributed by atoms with Gasteiger partial charge in [0.25, 0.3) is 0 Å². The van der Waals surface area contributed by atoms with Gasteiger partial charge in [-0.3, -0.25) is 0 Å². The van der Waals surface area contributed by atoms with Gasteiger partial charge in [-0.1, -0.05) is 35.9 Å². The number of benzene rings is 2. The Balaban J connectivity index is 1.22. The monoisotopic (exact) mass is 562 g/mol. The van der Waals surface area contributed by atoms with Crippen LogP contribution in [0.4, 0.5) is 11.5 Å². The molecule has 3 fully saturated rings. The molecule has 212 valence electrons. The lowest BCUT2D eigenvalue weighted by atomic mass is 10.0. The molecule has 0 amide bonds. The van der Waals surface area contributed by atoms with E-state index in [1.807, 2.05) is 12.1 Å². The second-order valence-corrected chi connectivity index (χ2v) is 12.4. The Kier molecular flexibility index (Phi) is 7.20. The molecule has 3 saturated heterocycles. The normalized spacial score (nSPS) is 26.5. The van der Waals surface area contributed by atoms with Crippen molar-refractivity contribution in [3.8, 4) is 6.01 Å². The first-order chi connectivity index (χ1) is 19.6. The van der Waals surface area contributed by atoms with Gasteiger partial charge in [0.2, 0.25) is 0 Å². The number of fused-ring (bicyclic) bond motifs is 4. The van der Waals surface area contributed by atoms with Crippen LogP contribution in [0.25, 0.3) is 10.8 Å². The van der Waals surface area contributed by atoms with E-state index in [9.17, 15) is 0 Å². The number of halogens is 1. The van der Waals surface area contributed by atoms with Gasteiger partial charge in [0.05, 0.1) is 23.9 Å². The van der Waals surface area contributed by atoms with Gasteiger partial charge in [0.15, 0.2) is 0 Å². The molecule has 0 spiro atoms. The molecule has 8 nitrogen and oxygen atoms in total. The van der Waals surface area contributed by atoms with Crippen molar-refractivity contribution >= 4 is 33.9 Å². The standard InChI is InChI=1S/C31H39ClN6O2/c1-36-12-5-8-23(36)19-40-31-34-27-17-37(28-10-4-7-20-6-3-9-25(32)29(20)28)13-11-24(27)30(35-31)38-15-22-14-21(18-39-2)26(16-38)33-22/h3-4,6-7,9-10,21-23,26,33H,5,8,11-19H2,1-2H3/t21-,22+,23?,26+/m0/s1. The van der Waals surface area contributed by atoms with Crippen LogP contribution in [0.15, 0.2) is 36.4 Å². The zero-order chi connectivity index (χ0) is 27.2. The number of rotatable bonds is 7. The van der Waals surface area contributed by atoms with Gasteiger partial charge in [-0.05, 0) is 56.8 Å². The number of hydrogen-bond acceptors (Lipinski definition) is 8. The van der Waals surface area contributed by atoms with Crippen molar-refractivity contribution in [1.82, 2.24) is 20.2 Å². The minimum atomic E-state index is 0.415. The van der Waals surface area contributed by atoms with Crippen LogP contribution in [0.5, 0.6) is 6.01 Å². The molecule has 4 atom stereocenters. The van der Waals surface area contributed by atoms with Crippen molar-refractivity contribution in [3.05, 3.63) is 52.7 Å². The summed E-state index contributed by atoms with van der Waals surface area (Å²) in [5.74, 6) is 1.60. The number of ether oxygens (including phenoxy) is 2. The minimum Gasteiger partial charge on any atom is -0.462 e. The molecular weight excluding hydrogens is 524 g/mol. The average Bonchev–Trinajstić information content (AvgIpc) is 3.51. The zero-order valence-corrected chi connectivity index (χ0v) is 24.2. The lowest BCUT2D eigenvalue weighted by Gasteiger charge is -2.38. The molecule has 40 heavy (non-hydrogen) atoms. The number of nitrogens with one attached hydrogen (secondary N) is 1. The van der Waals surface area contributed by atoms with Gasteiger partial charge in [0, 0.05) is 67.4 Å². The molecule has 2 aromatic carbocycles. The summed E-state index contributed by atoms with van der Waals surface area (Å²) in [6.07, 6.45) is 4.41. The molecule has 5 heterocycles. The fraction of sp³-hybridized carbons (Fsp3) is 0.548. The highest BCUT2D eigenvalue weighted by Crippen LogP contribution is 2.38. The van der Waals surface area contributed by atoms with Crippen LogP contribution in [0.2, 0.25) is 5.02 Å². The third kappa shape index (κ3) is 4.89. The van der Waals surface area contributed by atoms with E-state index < -0.39 is 0 Å². The molecule has 9 heteroatoms. The summed E-state index contributed by atoms with van der Waals surface area (Å²) in [4.78, 5) is 17.4. The number of piperazine rings is 1. The first-order valence-electron chi connectivity index (χ1n) is 14.7. The van der Waals surface area contributed by atoms with Crippen molar-refractivity contribution in [3.63, 3.8) is 0 Å². The Labute approximate surface area is 241 Å². The van der Waals surface area contributed by atoms with Gasteiger partial charge in [-0.2, -0.15) is 9.97 Å². The molecule has 0 radical (unpaired) electrons. The van der Waals surface area contributed by atoms with E-state index in [1.54, 1.807) is 7.11 Å². The van der Waals surface area contributed by atoms with Gasteiger partial charge in [-0.25, -0.2) is 0 Å². The fourth-order valence-corrected chi connectivity index (χ4v) is 7.61. The van der Waals surface area contributed by atoms with Crippen LogP contribution in [-0.4, -0.2) is 86.5 Å². The smallest absolute Gasteiger partial charge is 0.318 e. The predicted molar refractivity (Wildman–Crippen MR) is 160 cm³/mol. The average molecular weight is 563 g/mol. The Morgan fingerprint density at radius 3 is 2.75 bits per heavy atom. The van der Waals surface area contributed by atoms with Gasteiger partial charge >= 0.3 is 6.01 Å². The molecule has 1 unspecified atom stereocenters. The van der Waals surface area contributed by atoms with Crippen LogP contribution in [0.1, 0.15) is 30.5 Å². The molecule has 1 N–H and O–H groups in total. The predicted octanol–water partition coefficient (Wildman–Crippen LogP) is 4.13. The van der Waals surface area contributed by atoms with Gasteiger partial charge in [-0.15, -0.1) is 0 Å². The van der Waals surface area contributed by atoms with E-state index in [-0.39, 0.29) is 0 Å². The third-order valence-electron chi connectivity index (χ3n) is 9.42. The Bertz CT molecular complexity index is 1380. The number of likely N-dealkylation sites (tertiary alicyclic amines) is 1. The van der Waals surface area contributed by atoms with Crippen molar-refractivity contribution in [2.24, 2.45) is 5.92 Å². The number of hydrogen-bond donors (Lipinski definition) is 1. The van der Waals surface area contributed by atoms with Crippen molar-refractivity contribution < 1.29 is 9.47 Å². The summed E-state index contributed by atoms with van der Waals surface area (Å²) in [6.45, 7) is 6.04. The zero-order valence-electron chi connectivity index (χ0n) is 23.5. The first kappa shape index (κ1) is 26.3. The Morgan fingerprint density at radius 1 is 1.05 bits per heavy atom. The topological polar surface area (TPSA) is 66.0 Å². The lowest BCUT2D eigenvalue weighted by Crippen LogP contribution is -2.53. The van der Waals surface area contributed by atoms with Crippen LogP contribution in [0, 0.1) is 5.92 Å². The Morgan fingerprint density at radius 2 is 1.93 bits per heavy atom. The minimum absolute atomic E-state index is 0.415. The summed E-state index contributed by atoms with van der Waals surface area (Å²) >= 11 is 6.72. The first-order valence-corrected chi connectivity index (χ1v) is 15.1. The van der Waals surface area contributed by atoms with E-state index in [4.69, 9.17) is 31.0 Å². The molecule has 1 aromatic heterocycles. The largest absolute Gasteiger partial charge is 0.462 e. The third-order valence-corrected chi connectivity index (χ3v) is 9.73. The maximum atomic E-state index is 6.72. The van der Waals surface area contributed by atoms with Crippen LogP contribution in [-0.2, 0) is 17.7 Å². The van der Waals surface area contributed by atoms with Crippen molar-refractivity contribution in [1.29, 1.82) is 0 Å². The molecule has 2 bridgehead atoms. The molecule has 7 rings (SSSR count). The maximum absolute atomic E-state index is 6.72. The van der Waals surface area contributed by atoms with Crippen molar-refractivity contribution in [2.45, 2.75) is 50.4 Å². The number of nitrogens with zero attached hydrogens (tertiary/aromatic N) is 5. The molecule has 4 aliphatic heterocycles. The summed E-state index contributed by atoms with van der Waals surface area (Å²) < 4.78 is 11.9. The molecule has 0 saturated carbocycles. The van der Waals surface area contributed by atoms with E-state index >= 15 is 0 Å². The van der Waals surface area contributed by atoms with Crippen molar-refractivity contribution in [2.75, 3.05) is 63.4 Å². The fourth-order valence-electron chi connectivity index (χ4n) is 7.34. The summed E-state index contributed by atoms with van der Waals surface area (Å²) in [7, 11) is 3.99. The Hall–Kier alpha value is -2.65. The van der Waals surface area contributed by atoms with E-state index in [0.717, 1.165) is 85.0 Å². The highest BCUT2D eigenvalue weighted by atomic mass is 35.5. The molecule has 3 aromatic rings. The van der Waals surface area contributed by atoms with E-state index in [2.05, 4.69) is 51.3 Å². The summed E-state index contributed by atoms with van der Waals surface area (Å²) in [6, 6.07) is 14.4. The summed E-state index contributed by atoms with van der Waals surface area (Å²) in [5.41, 5.74) is 3.48. The van der Waals surface area contributed by atoms with Crippen LogP contribution < -0.4 is 19.9 Å². The quantitative estimate of drug-likeness (QED) is 0.461. The summed E-state index contributed by atoms with van der Waals surface area (Å²) in [5, 5.41) is 6.86. The van der Waals surface area contributed by atoms with Gasteiger partial charge < -0.3 is 29.5 Å². The number of aromatic nitrogens is 2. The number of likely N-dealkylation sites (N-methyl/N-ethyl adjacent to an activating group) is 1. The SMILES string of the molecule is COC[C@@H]1C[C@@H]2CN(c3nc(OCC4CCCN4C)nc4c3CCN(c3cccc5cccc(Cl)c35)C4)C[C@H]1N2. The molecule has 0 aliphatic carbocycles. The van der Waals surface area contributed by atoms with Crippen LogP contribution >= 0.6 is 11.6 Å². The highest BCUT2D eigenvalue weighted by molar-refractivity contribution is 6.36. The number of anilines is 2. The van der Waals surface area contributed by atoms with Gasteiger partial charge in [0.1, 0.15) is 12.4 Å². The van der Waals surface area contributed by atoms with E-state index in [0.29, 0.717) is 43.2 Å². The lowest BCUT2D eigenvalue weighted by molar-refractivity contribution is 0.147. The van der Waals surface area contributed by atoms with Crippen LogP contribution in [0.3, 0.4) is 0 Å². The van der Waals surface area contributed by atoms with E-state index in [1.165, 1.54) is 12.0 Å².